The molecule has 4 N–H and O–H groups in total. The fourth-order valence-electron chi connectivity index (χ4n) is 2.49. The van der Waals surface area contributed by atoms with Crippen molar-refractivity contribution in [3.8, 4) is 11.5 Å². The number of anilines is 1. The first kappa shape index (κ1) is 21.1. The number of hydrogen-bond donors (Lipinski definition) is 3. The number of carbonyl (C=O) groups is 1. The molecular weight excluding hydrogens is 360 g/mol. The molecule has 0 bridgehead atoms. The van der Waals surface area contributed by atoms with Gasteiger partial charge in [0.2, 0.25) is 0 Å². The standard InChI is InChI=1S/C20H28N4O4/c1-4-26-15-7-8-17(27-5-2)16(13-15)24-20(21)23-11-6-10-22-19(25)18-14(3)9-12-28-18/h7-9,12-13H,4-6,10-11H2,1-3H3,(H,22,25)(H3,21,23,24). The second-order valence-corrected chi connectivity index (χ2v) is 5.96. The molecule has 0 unspecified atom stereocenters. The predicted molar refractivity (Wildman–Crippen MR) is 109 cm³/mol. The summed E-state index contributed by atoms with van der Waals surface area (Å²) < 4.78 is 16.3. The van der Waals surface area contributed by atoms with E-state index in [1.165, 1.54) is 6.26 Å². The van der Waals surface area contributed by atoms with Gasteiger partial charge in [-0.2, -0.15) is 0 Å². The molecule has 0 spiro atoms. The Labute approximate surface area is 165 Å². The number of aliphatic imine (C=N–C) groups is 1. The van der Waals surface area contributed by atoms with Crippen LogP contribution in [0, 0.1) is 6.92 Å². The average molecular weight is 388 g/mol. The summed E-state index contributed by atoms with van der Waals surface area (Å²) in [6, 6.07) is 7.25. The third kappa shape index (κ3) is 6.22. The highest BCUT2D eigenvalue weighted by molar-refractivity contribution is 5.94. The van der Waals surface area contributed by atoms with E-state index < -0.39 is 0 Å². The molecule has 0 fully saturated rings. The van der Waals surface area contributed by atoms with Crippen molar-refractivity contribution in [3.05, 3.63) is 41.9 Å². The third-order valence-electron chi connectivity index (χ3n) is 3.80. The third-order valence-corrected chi connectivity index (χ3v) is 3.80. The van der Waals surface area contributed by atoms with Crippen LogP contribution in [0.15, 0.2) is 39.9 Å². The first-order valence-electron chi connectivity index (χ1n) is 9.34. The van der Waals surface area contributed by atoms with Gasteiger partial charge in [-0.15, -0.1) is 0 Å². The van der Waals surface area contributed by atoms with Crippen molar-refractivity contribution in [1.82, 2.24) is 5.32 Å². The molecule has 2 aromatic rings. The number of nitrogens with zero attached hydrogens (tertiary/aromatic N) is 1. The zero-order valence-electron chi connectivity index (χ0n) is 16.6. The minimum absolute atomic E-state index is 0.230. The lowest BCUT2D eigenvalue weighted by molar-refractivity contribution is 0.0925. The van der Waals surface area contributed by atoms with Gasteiger partial charge in [0.05, 0.1) is 25.2 Å². The smallest absolute Gasteiger partial charge is 0.287 e. The van der Waals surface area contributed by atoms with Gasteiger partial charge in [-0.05, 0) is 45.4 Å². The Balaban J connectivity index is 1.84. The van der Waals surface area contributed by atoms with Crippen LogP contribution in [-0.2, 0) is 0 Å². The van der Waals surface area contributed by atoms with Crippen LogP contribution in [0.2, 0.25) is 0 Å². The molecule has 0 saturated heterocycles. The van der Waals surface area contributed by atoms with Gasteiger partial charge in [-0.3, -0.25) is 9.79 Å². The van der Waals surface area contributed by atoms with Crippen LogP contribution in [0.1, 0.15) is 36.4 Å². The Kier molecular flexibility index (Phi) is 8.20. The number of ether oxygens (including phenoxy) is 2. The molecule has 1 aromatic heterocycles. The van der Waals surface area contributed by atoms with Crippen LogP contribution in [0.3, 0.4) is 0 Å². The first-order chi connectivity index (χ1) is 13.5. The van der Waals surface area contributed by atoms with Crippen molar-refractivity contribution < 1.29 is 18.7 Å². The van der Waals surface area contributed by atoms with E-state index >= 15 is 0 Å². The first-order valence-corrected chi connectivity index (χ1v) is 9.34. The molecule has 152 valence electrons. The van der Waals surface area contributed by atoms with E-state index in [9.17, 15) is 4.79 Å². The molecule has 0 aliphatic carbocycles. The molecular formula is C20H28N4O4. The summed E-state index contributed by atoms with van der Waals surface area (Å²) in [5, 5.41) is 5.84. The van der Waals surface area contributed by atoms with E-state index in [2.05, 4.69) is 15.6 Å². The molecule has 0 atom stereocenters. The van der Waals surface area contributed by atoms with E-state index in [4.69, 9.17) is 19.6 Å². The van der Waals surface area contributed by atoms with E-state index in [0.717, 1.165) is 11.3 Å². The van der Waals surface area contributed by atoms with Crippen LogP contribution in [0.4, 0.5) is 5.69 Å². The Hall–Kier alpha value is -3.16. The Morgan fingerprint density at radius 1 is 1.21 bits per heavy atom. The van der Waals surface area contributed by atoms with Crippen molar-refractivity contribution in [3.63, 3.8) is 0 Å². The lowest BCUT2D eigenvalue weighted by Gasteiger charge is -2.14. The van der Waals surface area contributed by atoms with Gasteiger partial charge >= 0.3 is 0 Å². The molecule has 28 heavy (non-hydrogen) atoms. The Bertz CT molecular complexity index is 801. The zero-order chi connectivity index (χ0) is 20.4. The Morgan fingerprint density at radius 3 is 2.68 bits per heavy atom. The van der Waals surface area contributed by atoms with Crippen molar-refractivity contribution in [2.24, 2.45) is 10.7 Å². The number of nitrogens with two attached hydrogens (primary N) is 1. The normalized spacial score (nSPS) is 11.2. The topological polar surface area (TPSA) is 111 Å². The highest BCUT2D eigenvalue weighted by Crippen LogP contribution is 2.29. The number of benzene rings is 1. The van der Waals surface area contributed by atoms with Gasteiger partial charge in [0.15, 0.2) is 11.7 Å². The maximum absolute atomic E-state index is 11.9. The molecule has 1 amide bonds. The van der Waals surface area contributed by atoms with E-state index in [-0.39, 0.29) is 11.9 Å². The number of rotatable bonds is 10. The molecule has 0 aliphatic rings. The van der Waals surface area contributed by atoms with Crippen LogP contribution >= 0.6 is 0 Å². The summed E-state index contributed by atoms with van der Waals surface area (Å²) in [6.07, 6.45) is 2.14. The summed E-state index contributed by atoms with van der Waals surface area (Å²) in [5.74, 6) is 1.76. The van der Waals surface area contributed by atoms with E-state index in [1.807, 2.05) is 39.0 Å². The molecule has 0 aliphatic heterocycles. The quantitative estimate of drug-likeness (QED) is 0.328. The largest absolute Gasteiger partial charge is 0.494 e. The van der Waals surface area contributed by atoms with Gasteiger partial charge in [0.1, 0.15) is 11.5 Å². The fourth-order valence-corrected chi connectivity index (χ4v) is 2.49. The molecule has 8 nitrogen and oxygen atoms in total. The highest BCUT2D eigenvalue weighted by atomic mass is 16.5. The maximum Gasteiger partial charge on any atom is 0.287 e. The minimum atomic E-state index is -0.230. The summed E-state index contributed by atoms with van der Waals surface area (Å²) in [5.41, 5.74) is 7.47. The Morgan fingerprint density at radius 2 is 2.00 bits per heavy atom. The van der Waals surface area contributed by atoms with E-state index in [0.29, 0.717) is 49.9 Å². The predicted octanol–water partition coefficient (Wildman–Crippen LogP) is 2.93. The molecule has 2 rings (SSSR count). The summed E-state index contributed by atoms with van der Waals surface area (Å²) in [4.78, 5) is 16.2. The van der Waals surface area contributed by atoms with Crippen molar-refractivity contribution in [2.45, 2.75) is 27.2 Å². The maximum atomic E-state index is 11.9. The van der Waals surface area contributed by atoms with E-state index in [1.54, 1.807) is 6.07 Å². The zero-order valence-corrected chi connectivity index (χ0v) is 16.6. The second kappa shape index (κ2) is 10.9. The average Bonchev–Trinajstić information content (AvgIpc) is 3.10. The van der Waals surface area contributed by atoms with Crippen LogP contribution < -0.4 is 25.8 Å². The lowest BCUT2D eigenvalue weighted by Crippen LogP contribution is -2.26. The summed E-state index contributed by atoms with van der Waals surface area (Å²) in [6.45, 7) is 7.70. The monoisotopic (exact) mass is 388 g/mol. The van der Waals surface area contributed by atoms with Gasteiger partial charge < -0.3 is 30.3 Å². The molecule has 0 saturated carbocycles. The van der Waals surface area contributed by atoms with Crippen molar-refractivity contribution in [1.29, 1.82) is 0 Å². The van der Waals surface area contributed by atoms with Crippen LogP contribution in [0.25, 0.3) is 0 Å². The molecule has 0 radical (unpaired) electrons. The fraction of sp³-hybridized carbons (Fsp3) is 0.400. The minimum Gasteiger partial charge on any atom is -0.494 e. The SMILES string of the molecule is CCOc1ccc(OCC)c(NC(N)=NCCCNC(=O)c2occc2C)c1. The number of guanidine groups is 1. The van der Waals surface area contributed by atoms with Gasteiger partial charge in [0.25, 0.3) is 5.91 Å². The summed E-state index contributed by atoms with van der Waals surface area (Å²) >= 11 is 0. The second-order valence-electron chi connectivity index (χ2n) is 5.96. The molecule has 1 heterocycles. The van der Waals surface area contributed by atoms with Crippen molar-refractivity contribution >= 4 is 17.6 Å². The highest BCUT2D eigenvalue weighted by Gasteiger charge is 2.11. The lowest BCUT2D eigenvalue weighted by atomic mass is 10.2. The van der Waals surface area contributed by atoms with Crippen LogP contribution in [0.5, 0.6) is 11.5 Å². The van der Waals surface area contributed by atoms with Crippen molar-refractivity contribution in [2.75, 3.05) is 31.6 Å². The number of aryl methyl sites for hydroxylation is 1. The number of furan rings is 1. The number of nitrogens with one attached hydrogen (secondary N) is 2. The number of hydrogen-bond acceptors (Lipinski definition) is 5. The number of amides is 1. The summed E-state index contributed by atoms with van der Waals surface area (Å²) in [7, 11) is 0. The number of carbonyl (C=O) groups excluding carboxylic acids is 1. The van der Waals surface area contributed by atoms with Gasteiger partial charge in [0, 0.05) is 24.7 Å². The molecule has 8 heteroatoms. The van der Waals surface area contributed by atoms with Crippen LogP contribution in [-0.4, -0.2) is 38.2 Å². The van der Waals surface area contributed by atoms with Gasteiger partial charge in [-0.1, -0.05) is 0 Å². The molecule has 1 aromatic carbocycles. The van der Waals surface area contributed by atoms with Gasteiger partial charge in [-0.25, -0.2) is 0 Å².